The highest BCUT2D eigenvalue weighted by atomic mass is 16.7. The molecule has 6 heteroatoms. The van der Waals surface area contributed by atoms with Crippen molar-refractivity contribution < 1.29 is 19.0 Å². The third kappa shape index (κ3) is 3.01. The fourth-order valence-electron chi connectivity index (χ4n) is 2.07. The Balaban J connectivity index is 1.82. The quantitative estimate of drug-likeness (QED) is 0.929. The first-order chi connectivity index (χ1) is 10.2. The van der Waals surface area contributed by atoms with Crippen molar-refractivity contribution in [3.05, 3.63) is 53.9 Å². The number of hydrogen-bond acceptors (Lipinski definition) is 5. The van der Waals surface area contributed by atoms with Gasteiger partial charge in [-0.2, -0.15) is 0 Å². The number of primary amides is 1. The number of nitrogens with two attached hydrogens (primary N) is 1. The molecule has 21 heavy (non-hydrogen) atoms. The first-order valence-corrected chi connectivity index (χ1v) is 6.46. The van der Waals surface area contributed by atoms with E-state index in [1.165, 1.54) is 12.3 Å². The van der Waals surface area contributed by atoms with Gasteiger partial charge in [-0.25, -0.2) is 4.98 Å². The van der Waals surface area contributed by atoms with E-state index < -0.39 is 5.91 Å². The van der Waals surface area contributed by atoms with Crippen molar-refractivity contribution in [2.24, 2.45) is 5.73 Å². The van der Waals surface area contributed by atoms with Gasteiger partial charge < -0.3 is 19.9 Å². The number of carbonyl (C=O) groups excluding carboxylic acids is 1. The van der Waals surface area contributed by atoms with Crippen LogP contribution in [0.4, 0.5) is 0 Å². The number of para-hydroxylation sites is 1. The largest absolute Gasteiger partial charge is 0.455 e. The molecule has 2 N–H and O–H groups in total. The molecule has 0 aliphatic carbocycles. The van der Waals surface area contributed by atoms with E-state index in [9.17, 15) is 4.79 Å². The van der Waals surface area contributed by atoms with E-state index >= 15 is 0 Å². The molecule has 1 aliphatic rings. The lowest BCUT2D eigenvalue weighted by atomic mass is 10.1. The van der Waals surface area contributed by atoms with E-state index in [4.69, 9.17) is 19.9 Å². The van der Waals surface area contributed by atoms with Gasteiger partial charge in [0.05, 0.1) is 12.8 Å². The fourth-order valence-corrected chi connectivity index (χ4v) is 2.07. The van der Waals surface area contributed by atoms with Gasteiger partial charge in [0.1, 0.15) is 30.1 Å². The predicted octanol–water partition coefficient (Wildman–Crippen LogP) is 2.02. The Morgan fingerprint density at radius 1 is 1.29 bits per heavy atom. The fraction of sp³-hybridized carbons (Fsp3) is 0.200. The van der Waals surface area contributed by atoms with E-state index in [-0.39, 0.29) is 18.6 Å². The first-order valence-electron chi connectivity index (χ1n) is 6.46. The van der Waals surface area contributed by atoms with Gasteiger partial charge in [0.25, 0.3) is 5.91 Å². The van der Waals surface area contributed by atoms with E-state index in [0.29, 0.717) is 18.1 Å². The molecule has 1 aromatic carbocycles. The number of amides is 1. The topological polar surface area (TPSA) is 83.7 Å². The van der Waals surface area contributed by atoms with Gasteiger partial charge in [0, 0.05) is 5.56 Å². The molecule has 3 rings (SSSR count). The van der Waals surface area contributed by atoms with E-state index in [0.717, 1.165) is 5.56 Å². The predicted molar refractivity (Wildman–Crippen MR) is 73.9 cm³/mol. The number of benzene rings is 1. The zero-order valence-electron chi connectivity index (χ0n) is 11.2. The molecule has 2 aromatic rings. The molecule has 108 valence electrons. The molecule has 0 radical (unpaired) electrons. The SMILES string of the molecule is NC(=O)c1ccc(Oc2ccccc2C2COCO2)cn1. The van der Waals surface area contributed by atoms with Gasteiger partial charge in [-0.1, -0.05) is 18.2 Å². The second kappa shape index (κ2) is 5.90. The van der Waals surface area contributed by atoms with Crippen LogP contribution in [0.15, 0.2) is 42.6 Å². The third-order valence-electron chi connectivity index (χ3n) is 3.10. The Morgan fingerprint density at radius 3 is 2.81 bits per heavy atom. The monoisotopic (exact) mass is 286 g/mol. The number of ether oxygens (including phenoxy) is 3. The van der Waals surface area contributed by atoms with Crippen LogP contribution in [0.3, 0.4) is 0 Å². The summed E-state index contributed by atoms with van der Waals surface area (Å²) in [7, 11) is 0. The summed E-state index contributed by atoms with van der Waals surface area (Å²) in [6.07, 6.45) is 1.32. The van der Waals surface area contributed by atoms with Crippen LogP contribution in [0.1, 0.15) is 22.2 Å². The summed E-state index contributed by atoms with van der Waals surface area (Å²) in [5.41, 5.74) is 6.26. The summed E-state index contributed by atoms with van der Waals surface area (Å²) in [4.78, 5) is 14.9. The molecule has 1 fully saturated rings. The molecule has 6 nitrogen and oxygen atoms in total. The number of carbonyl (C=O) groups is 1. The minimum absolute atomic E-state index is 0.140. The van der Waals surface area contributed by atoms with Crippen LogP contribution in [-0.2, 0) is 9.47 Å². The van der Waals surface area contributed by atoms with Crippen LogP contribution >= 0.6 is 0 Å². The van der Waals surface area contributed by atoms with E-state index in [2.05, 4.69) is 4.98 Å². The molecule has 1 saturated heterocycles. The van der Waals surface area contributed by atoms with Crippen LogP contribution in [-0.4, -0.2) is 24.3 Å². The molecule has 0 bridgehead atoms. The Kier molecular flexibility index (Phi) is 3.81. The lowest BCUT2D eigenvalue weighted by Gasteiger charge is -2.14. The van der Waals surface area contributed by atoms with Gasteiger partial charge in [-0.05, 0) is 18.2 Å². The maximum absolute atomic E-state index is 11.0. The van der Waals surface area contributed by atoms with E-state index in [1.54, 1.807) is 6.07 Å². The standard InChI is InChI=1S/C15H14N2O4/c16-15(18)12-6-5-10(7-17-12)21-13-4-2-1-3-11(13)14-8-19-9-20-14/h1-7,14H,8-9H2,(H2,16,18). The summed E-state index contributed by atoms with van der Waals surface area (Å²) in [5, 5.41) is 0. The summed E-state index contributed by atoms with van der Waals surface area (Å²) >= 11 is 0. The summed E-state index contributed by atoms with van der Waals surface area (Å²) in [6.45, 7) is 0.785. The van der Waals surface area contributed by atoms with Crippen LogP contribution in [0.2, 0.25) is 0 Å². The van der Waals surface area contributed by atoms with E-state index in [1.807, 2.05) is 24.3 Å². The number of rotatable bonds is 4. The van der Waals surface area contributed by atoms with Crippen LogP contribution < -0.4 is 10.5 Å². The van der Waals surface area contributed by atoms with Crippen LogP contribution in [0.25, 0.3) is 0 Å². The molecule has 1 aliphatic heterocycles. The van der Waals surface area contributed by atoms with Gasteiger partial charge in [-0.15, -0.1) is 0 Å². The second-order valence-electron chi connectivity index (χ2n) is 4.53. The van der Waals surface area contributed by atoms with Crippen molar-refractivity contribution in [1.29, 1.82) is 0 Å². The molecule has 1 amide bonds. The highest BCUT2D eigenvalue weighted by molar-refractivity contribution is 5.90. The van der Waals surface area contributed by atoms with Gasteiger partial charge in [0.2, 0.25) is 0 Å². The summed E-state index contributed by atoms with van der Waals surface area (Å²) in [6, 6.07) is 10.7. The van der Waals surface area contributed by atoms with Gasteiger partial charge in [0.15, 0.2) is 0 Å². The summed E-state index contributed by atoms with van der Waals surface area (Å²) < 4.78 is 16.5. The van der Waals surface area contributed by atoms with Gasteiger partial charge in [-0.3, -0.25) is 4.79 Å². The smallest absolute Gasteiger partial charge is 0.267 e. The van der Waals surface area contributed by atoms with Crippen molar-refractivity contribution in [2.75, 3.05) is 13.4 Å². The number of aromatic nitrogens is 1. The van der Waals surface area contributed by atoms with Crippen molar-refractivity contribution in [2.45, 2.75) is 6.10 Å². The number of hydrogen-bond donors (Lipinski definition) is 1. The summed E-state index contributed by atoms with van der Waals surface area (Å²) in [5.74, 6) is 0.617. The minimum Gasteiger partial charge on any atom is -0.455 e. The van der Waals surface area contributed by atoms with Gasteiger partial charge >= 0.3 is 0 Å². The average molecular weight is 286 g/mol. The van der Waals surface area contributed by atoms with Crippen molar-refractivity contribution in [3.8, 4) is 11.5 Å². The molecule has 1 unspecified atom stereocenters. The molecule has 2 heterocycles. The molecule has 0 spiro atoms. The van der Waals surface area contributed by atoms with Crippen molar-refractivity contribution in [1.82, 2.24) is 4.98 Å². The highest BCUT2D eigenvalue weighted by Gasteiger charge is 2.22. The maximum atomic E-state index is 11.0. The van der Waals surface area contributed by atoms with Crippen LogP contribution in [0, 0.1) is 0 Å². The normalized spacial score (nSPS) is 17.6. The Hall–Kier alpha value is -2.44. The minimum atomic E-state index is -0.571. The lowest BCUT2D eigenvalue weighted by Crippen LogP contribution is -2.12. The molecular weight excluding hydrogens is 272 g/mol. The van der Waals surface area contributed by atoms with Crippen LogP contribution in [0.5, 0.6) is 11.5 Å². The molecule has 0 saturated carbocycles. The Labute approximate surface area is 121 Å². The Morgan fingerprint density at radius 2 is 2.14 bits per heavy atom. The molecule has 1 aromatic heterocycles. The highest BCUT2D eigenvalue weighted by Crippen LogP contribution is 2.33. The van der Waals surface area contributed by atoms with Crippen molar-refractivity contribution >= 4 is 5.91 Å². The lowest BCUT2D eigenvalue weighted by molar-refractivity contribution is 0.0461. The first kappa shape index (κ1) is 13.5. The number of nitrogens with zero attached hydrogens (tertiary/aromatic N) is 1. The second-order valence-corrected chi connectivity index (χ2v) is 4.53. The average Bonchev–Trinajstić information content (AvgIpc) is 3.02. The third-order valence-corrected chi connectivity index (χ3v) is 3.10. The zero-order chi connectivity index (χ0) is 14.7. The molecule has 1 atom stereocenters. The zero-order valence-corrected chi connectivity index (χ0v) is 11.2. The molecular formula is C15H14N2O4. The maximum Gasteiger partial charge on any atom is 0.267 e. The Bertz CT molecular complexity index is 636. The number of pyridine rings is 1. The van der Waals surface area contributed by atoms with Crippen molar-refractivity contribution in [3.63, 3.8) is 0 Å².